The van der Waals surface area contributed by atoms with Crippen molar-refractivity contribution in [3.8, 4) is 0 Å². The largest absolute Gasteiger partial charge is 0.0808 e. The van der Waals surface area contributed by atoms with Crippen molar-refractivity contribution in [2.24, 2.45) is 11.8 Å². The number of fused-ring (bicyclic) bond motifs is 1. The molecule has 2 unspecified atom stereocenters. The lowest BCUT2D eigenvalue weighted by Crippen LogP contribution is -2.26. The van der Waals surface area contributed by atoms with Gasteiger partial charge < -0.3 is 0 Å². The minimum Gasteiger partial charge on any atom is -0.0808 e. The van der Waals surface area contributed by atoms with Gasteiger partial charge in [0.05, 0.1) is 0 Å². The molecule has 0 heterocycles. The van der Waals surface area contributed by atoms with E-state index < -0.39 is 8.07 Å². The van der Waals surface area contributed by atoms with Gasteiger partial charge in [0.25, 0.3) is 0 Å². The normalized spacial score (nSPS) is 37.9. The van der Waals surface area contributed by atoms with Crippen LogP contribution in [0.5, 0.6) is 0 Å². The SMILES string of the molecule is C[Si](C)(C)C1CC2C=CC=CC2C1. The van der Waals surface area contributed by atoms with E-state index in [-0.39, 0.29) is 0 Å². The topological polar surface area (TPSA) is 0 Å². The van der Waals surface area contributed by atoms with E-state index in [0.29, 0.717) is 0 Å². The second kappa shape index (κ2) is 3.12. The molecule has 0 bridgehead atoms. The van der Waals surface area contributed by atoms with E-state index in [4.69, 9.17) is 0 Å². The van der Waals surface area contributed by atoms with Crippen LogP contribution in [-0.4, -0.2) is 8.07 Å². The molecule has 0 aromatic carbocycles. The first-order valence-electron chi connectivity index (χ1n) is 5.42. The van der Waals surface area contributed by atoms with E-state index in [9.17, 15) is 0 Å². The van der Waals surface area contributed by atoms with Crippen molar-refractivity contribution >= 4 is 8.07 Å². The fourth-order valence-electron chi connectivity index (χ4n) is 2.67. The first kappa shape index (κ1) is 9.26. The molecular weight excluding hydrogens is 172 g/mol. The lowest BCUT2D eigenvalue weighted by molar-refractivity contribution is 0.552. The zero-order valence-corrected chi connectivity index (χ0v) is 9.96. The van der Waals surface area contributed by atoms with Crippen LogP contribution in [0.4, 0.5) is 0 Å². The van der Waals surface area contributed by atoms with E-state index in [1.165, 1.54) is 12.8 Å². The number of allylic oxidation sites excluding steroid dienone is 4. The third kappa shape index (κ3) is 1.80. The molecule has 0 N–H and O–H groups in total. The van der Waals surface area contributed by atoms with Crippen LogP contribution in [0.15, 0.2) is 24.3 Å². The lowest BCUT2D eigenvalue weighted by Gasteiger charge is -2.24. The van der Waals surface area contributed by atoms with Gasteiger partial charge in [0.2, 0.25) is 0 Å². The third-order valence-corrected chi connectivity index (χ3v) is 6.64. The molecule has 0 radical (unpaired) electrons. The second-order valence-electron chi connectivity index (χ2n) is 5.63. The predicted octanol–water partition coefficient (Wildman–Crippen LogP) is 3.85. The number of rotatable bonds is 1. The maximum Gasteiger partial charge on any atom is 0.0474 e. The van der Waals surface area contributed by atoms with Gasteiger partial charge in [-0.2, -0.15) is 0 Å². The van der Waals surface area contributed by atoms with Gasteiger partial charge in [-0.05, 0) is 30.2 Å². The molecule has 0 spiro atoms. The highest BCUT2D eigenvalue weighted by Gasteiger charge is 2.38. The average molecular weight is 192 g/mol. The minimum atomic E-state index is -0.880. The molecule has 1 heteroatoms. The van der Waals surface area contributed by atoms with Crippen LogP contribution >= 0.6 is 0 Å². The van der Waals surface area contributed by atoms with Crippen molar-refractivity contribution < 1.29 is 0 Å². The molecule has 13 heavy (non-hydrogen) atoms. The van der Waals surface area contributed by atoms with Crippen molar-refractivity contribution in [2.45, 2.75) is 38.0 Å². The summed E-state index contributed by atoms with van der Waals surface area (Å²) < 4.78 is 0. The Morgan fingerprint density at radius 3 is 1.77 bits per heavy atom. The fraction of sp³-hybridized carbons (Fsp3) is 0.667. The highest BCUT2D eigenvalue weighted by atomic mass is 28.3. The zero-order valence-electron chi connectivity index (χ0n) is 8.96. The Bertz CT molecular complexity index is 224. The van der Waals surface area contributed by atoms with E-state index in [1.807, 2.05) is 0 Å². The Morgan fingerprint density at radius 1 is 0.923 bits per heavy atom. The molecule has 2 aliphatic rings. The maximum atomic E-state index is 2.52. The Hall–Kier alpha value is -0.303. The summed E-state index contributed by atoms with van der Waals surface area (Å²) in [6, 6.07) is 0. The Morgan fingerprint density at radius 2 is 1.38 bits per heavy atom. The molecule has 1 fully saturated rings. The van der Waals surface area contributed by atoms with Gasteiger partial charge in [0.15, 0.2) is 0 Å². The van der Waals surface area contributed by atoms with Crippen LogP contribution in [0.3, 0.4) is 0 Å². The van der Waals surface area contributed by atoms with Crippen molar-refractivity contribution in [2.75, 3.05) is 0 Å². The third-order valence-electron chi connectivity index (χ3n) is 3.72. The smallest absolute Gasteiger partial charge is 0.0474 e. The molecule has 0 saturated heterocycles. The van der Waals surface area contributed by atoms with Crippen molar-refractivity contribution in [1.82, 2.24) is 0 Å². The molecular formula is C12H20Si. The average Bonchev–Trinajstić information content (AvgIpc) is 2.45. The van der Waals surface area contributed by atoms with E-state index in [1.54, 1.807) is 0 Å². The van der Waals surface area contributed by atoms with Crippen molar-refractivity contribution in [3.63, 3.8) is 0 Å². The first-order valence-corrected chi connectivity index (χ1v) is 9.00. The van der Waals surface area contributed by atoms with Gasteiger partial charge in [0.1, 0.15) is 0 Å². The summed E-state index contributed by atoms with van der Waals surface area (Å²) in [5.74, 6) is 1.75. The number of hydrogen-bond acceptors (Lipinski definition) is 0. The summed E-state index contributed by atoms with van der Waals surface area (Å²) in [6.45, 7) is 7.55. The van der Waals surface area contributed by atoms with Gasteiger partial charge in [-0.3, -0.25) is 0 Å². The van der Waals surface area contributed by atoms with Crippen molar-refractivity contribution in [3.05, 3.63) is 24.3 Å². The minimum absolute atomic E-state index is 0.877. The van der Waals surface area contributed by atoms with Gasteiger partial charge in [0, 0.05) is 8.07 Å². The first-order chi connectivity index (χ1) is 6.07. The molecule has 72 valence electrons. The number of hydrogen-bond donors (Lipinski definition) is 0. The molecule has 0 aromatic rings. The summed E-state index contributed by atoms with van der Waals surface area (Å²) in [5, 5.41) is 0. The Labute approximate surface area is 82.7 Å². The molecule has 0 nitrogen and oxygen atoms in total. The summed E-state index contributed by atoms with van der Waals surface area (Å²) in [6.07, 6.45) is 12.2. The Balaban J connectivity index is 2.09. The van der Waals surface area contributed by atoms with Crippen LogP contribution in [0.2, 0.25) is 25.2 Å². The van der Waals surface area contributed by atoms with Crippen LogP contribution in [0.1, 0.15) is 12.8 Å². The molecule has 2 aliphatic carbocycles. The highest BCUT2D eigenvalue weighted by Crippen LogP contribution is 2.47. The van der Waals surface area contributed by atoms with E-state index >= 15 is 0 Å². The summed E-state index contributed by atoms with van der Waals surface area (Å²) in [4.78, 5) is 0. The highest BCUT2D eigenvalue weighted by molar-refractivity contribution is 6.77. The van der Waals surface area contributed by atoms with Crippen LogP contribution in [0.25, 0.3) is 0 Å². The Kier molecular flexibility index (Phi) is 2.23. The summed E-state index contributed by atoms with van der Waals surface area (Å²) in [5.41, 5.74) is 1.05. The fourth-order valence-corrected chi connectivity index (χ4v) is 4.62. The van der Waals surface area contributed by atoms with Crippen LogP contribution < -0.4 is 0 Å². The van der Waals surface area contributed by atoms with Gasteiger partial charge >= 0.3 is 0 Å². The standard InChI is InChI=1S/C12H20Si/c1-13(2,3)12-8-10-6-4-5-7-11(10)9-12/h4-7,10-12H,8-9H2,1-3H3. The molecule has 2 atom stereocenters. The summed E-state index contributed by atoms with van der Waals surface area (Å²) >= 11 is 0. The molecule has 0 amide bonds. The van der Waals surface area contributed by atoms with Gasteiger partial charge in [-0.25, -0.2) is 0 Å². The molecule has 1 saturated carbocycles. The molecule has 2 rings (SSSR count). The summed E-state index contributed by atoms with van der Waals surface area (Å²) in [7, 11) is -0.880. The van der Waals surface area contributed by atoms with Crippen LogP contribution in [-0.2, 0) is 0 Å². The monoisotopic (exact) mass is 192 g/mol. The van der Waals surface area contributed by atoms with E-state index in [0.717, 1.165) is 17.4 Å². The predicted molar refractivity (Wildman–Crippen MR) is 61.6 cm³/mol. The van der Waals surface area contributed by atoms with E-state index in [2.05, 4.69) is 43.9 Å². The van der Waals surface area contributed by atoms with Crippen molar-refractivity contribution in [1.29, 1.82) is 0 Å². The lowest BCUT2D eigenvalue weighted by atomic mass is 9.92. The maximum absolute atomic E-state index is 2.52. The zero-order chi connectivity index (χ0) is 9.47. The van der Waals surface area contributed by atoms with Gasteiger partial charge in [-0.1, -0.05) is 43.9 Å². The molecule has 0 aromatic heterocycles. The quantitative estimate of drug-likeness (QED) is 0.554. The second-order valence-corrected chi connectivity index (χ2v) is 11.2. The van der Waals surface area contributed by atoms with Gasteiger partial charge in [-0.15, -0.1) is 0 Å². The van der Waals surface area contributed by atoms with Crippen LogP contribution in [0, 0.1) is 11.8 Å². The molecule has 0 aliphatic heterocycles.